The first-order chi connectivity index (χ1) is 12.3. The largest absolute Gasteiger partial charge is 0.492 e. The summed E-state index contributed by atoms with van der Waals surface area (Å²) in [6.45, 7) is 7.58. The van der Waals surface area contributed by atoms with Crippen LogP contribution in [-0.2, 0) is 0 Å². The lowest BCUT2D eigenvalue weighted by atomic mass is 9.99. The van der Waals surface area contributed by atoms with E-state index in [9.17, 15) is 4.79 Å². The van der Waals surface area contributed by atoms with Crippen molar-refractivity contribution in [1.29, 1.82) is 0 Å². The molecule has 0 aromatic heterocycles. The first kappa shape index (κ1) is 23.5. The molecular weight excluding hydrogens is 430 g/mol. The number of hydrogen-bond donors (Lipinski definition) is 0. The molecule has 2 rings (SSSR count). The molecule has 6 heteroatoms. The van der Waals surface area contributed by atoms with E-state index < -0.39 is 0 Å². The van der Waals surface area contributed by atoms with Crippen LogP contribution in [0.5, 0.6) is 11.5 Å². The van der Waals surface area contributed by atoms with Gasteiger partial charge in [0.25, 0.3) is 0 Å². The Labute approximate surface area is 176 Å². The van der Waals surface area contributed by atoms with Crippen LogP contribution >= 0.6 is 28.3 Å². The zero-order valence-electron chi connectivity index (χ0n) is 16.4. The minimum absolute atomic E-state index is 0. The molecule has 0 aliphatic rings. The fourth-order valence-corrected chi connectivity index (χ4v) is 2.93. The highest BCUT2D eigenvalue weighted by atomic mass is 79.9. The number of carbonyl (C=O) groups is 1. The van der Waals surface area contributed by atoms with Crippen LogP contribution in [0.2, 0.25) is 0 Å². The second-order valence-corrected chi connectivity index (χ2v) is 7.69. The van der Waals surface area contributed by atoms with Gasteiger partial charge in [0.1, 0.15) is 18.1 Å². The van der Waals surface area contributed by atoms with Crippen molar-refractivity contribution in [2.24, 2.45) is 0 Å². The molecule has 27 heavy (non-hydrogen) atoms. The molecule has 0 N–H and O–H groups in total. The van der Waals surface area contributed by atoms with E-state index in [1.165, 1.54) is 0 Å². The molecular formula is C21H27BrClNO3. The summed E-state index contributed by atoms with van der Waals surface area (Å²) in [5.41, 5.74) is 2.41. The monoisotopic (exact) mass is 455 g/mol. The SMILES string of the molecule is Cc1cc(OCCN(C)C)c(C(C)C)cc1OC(=O)c1ccccc1Br.Cl. The van der Waals surface area contributed by atoms with Gasteiger partial charge >= 0.3 is 5.97 Å². The first-order valence-electron chi connectivity index (χ1n) is 8.68. The number of likely N-dealkylation sites (N-methyl/N-ethyl adjacent to an activating group) is 1. The van der Waals surface area contributed by atoms with Gasteiger partial charge in [0, 0.05) is 16.6 Å². The lowest BCUT2D eigenvalue weighted by Gasteiger charge is -2.18. The Kier molecular flexibility index (Phi) is 9.30. The van der Waals surface area contributed by atoms with E-state index in [1.807, 2.05) is 51.4 Å². The second kappa shape index (κ2) is 10.7. The predicted octanol–water partition coefficient (Wildman–Crippen LogP) is 5.46. The third-order valence-corrected chi connectivity index (χ3v) is 4.71. The molecule has 0 bridgehead atoms. The summed E-state index contributed by atoms with van der Waals surface area (Å²) in [5, 5.41) is 0. The number of benzene rings is 2. The molecule has 0 fully saturated rings. The Balaban J connectivity index is 0.00000364. The zero-order valence-corrected chi connectivity index (χ0v) is 18.8. The molecule has 148 valence electrons. The van der Waals surface area contributed by atoms with Crippen molar-refractivity contribution >= 4 is 34.3 Å². The van der Waals surface area contributed by atoms with E-state index in [0.29, 0.717) is 17.9 Å². The average Bonchev–Trinajstić information content (AvgIpc) is 2.56. The topological polar surface area (TPSA) is 38.8 Å². The molecule has 2 aromatic carbocycles. The summed E-state index contributed by atoms with van der Waals surface area (Å²) < 4.78 is 12.3. The summed E-state index contributed by atoms with van der Waals surface area (Å²) in [6.07, 6.45) is 0. The van der Waals surface area contributed by atoms with Crippen molar-refractivity contribution < 1.29 is 14.3 Å². The molecule has 0 saturated carbocycles. The summed E-state index contributed by atoms with van der Waals surface area (Å²) in [7, 11) is 4.03. The number of halogens is 2. The summed E-state index contributed by atoms with van der Waals surface area (Å²) in [6, 6.07) is 11.1. The summed E-state index contributed by atoms with van der Waals surface area (Å²) >= 11 is 3.39. The van der Waals surface area contributed by atoms with Crippen molar-refractivity contribution in [3.05, 3.63) is 57.6 Å². The molecule has 4 nitrogen and oxygen atoms in total. The molecule has 0 amide bonds. The number of ether oxygens (including phenoxy) is 2. The van der Waals surface area contributed by atoms with Gasteiger partial charge in [-0.15, -0.1) is 12.4 Å². The lowest BCUT2D eigenvalue weighted by molar-refractivity contribution is 0.0732. The average molecular weight is 457 g/mol. The van der Waals surface area contributed by atoms with Gasteiger partial charge in [0.2, 0.25) is 0 Å². The van der Waals surface area contributed by atoms with Crippen molar-refractivity contribution in [2.45, 2.75) is 26.7 Å². The van der Waals surface area contributed by atoms with Crippen LogP contribution in [0.15, 0.2) is 40.9 Å². The minimum atomic E-state index is -0.378. The van der Waals surface area contributed by atoms with E-state index in [1.54, 1.807) is 6.07 Å². The first-order valence-corrected chi connectivity index (χ1v) is 9.47. The molecule has 2 aromatic rings. The highest BCUT2D eigenvalue weighted by Crippen LogP contribution is 2.34. The van der Waals surface area contributed by atoms with Crippen molar-refractivity contribution in [3.8, 4) is 11.5 Å². The number of esters is 1. The van der Waals surface area contributed by atoms with Gasteiger partial charge < -0.3 is 14.4 Å². The van der Waals surface area contributed by atoms with E-state index >= 15 is 0 Å². The Morgan fingerprint density at radius 3 is 2.41 bits per heavy atom. The smallest absolute Gasteiger partial charge is 0.344 e. The van der Waals surface area contributed by atoms with Gasteiger partial charge in [-0.25, -0.2) is 4.79 Å². The fourth-order valence-electron chi connectivity index (χ4n) is 2.48. The van der Waals surface area contributed by atoms with Crippen LogP contribution in [0.1, 0.15) is 41.3 Å². The van der Waals surface area contributed by atoms with Gasteiger partial charge in [-0.05, 0) is 72.7 Å². The molecule has 0 unspecified atom stereocenters. The number of hydrogen-bond acceptors (Lipinski definition) is 4. The van der Waals surface area contributed by atoms with Gasteiger partial charge in [0.05, 0.1) is 5.56 Å². The highest BCUT2D eigenvalue weighted by molar-refractivity contribution is 9.10. The third-order valence-electron chi connectivity index (χ3n) is 4.02. The summed E-state index contributed by atoms with van der Waals surface area (Å²) in [5.74, 6) is 1.29. The molecule has 0 aliphatic heterocycles. The molecule has 0 spiro atoms. The van der Waals surface area contributed by atoms with Crippen molar-refractivity contribution in [3.63, 3.8) is 0 Å². The van der Waals surface area contributed by atoms with Gasteiger partial charge in [-0.1, -0.05) is 26.0 Å². The maximum atomic E-state index is 12.5. The Bertz CT molecular complexity index is 778. The number of nitrogens with zero attached hydrogens (tertiary/aromatic N) is 1. The van der Waals surface area contributed by atoms with Gasteiger partial charge in [-0.3, -0.25) is 0 Å². The molecule has 0 atom stereocenters. The van der Waals surface area contributed by atoms with Crippen LogP contribution in [0.4, 0.5) is 0 Å². The molecule has 0 radical (unpaired) electrons. The standard InChI is InChI=1S/C21H26BrNO3.ClH/c1-14(2)17-13-19(15(3)12-20(17)25-11-10-23(4)5)26-21(24)16-8-6-7-9-18(16)22;/h6-9,12-14H,10-11H2,1-5H3;1H. The lowest BCUT2D eigenvalue weighted by Crippen LogP contribution is -2.20. The zero-order chi connectivity index (χ0) is 19.3. The Hall–Kier alpha value is -1.56. The van der Waals surface area contributed by atoms with Crippen LogP contribution in [0, 0.1) is 6.92 Å². The van der Waals surface area contributed by atoms with Gasteiger partial charge in [0.15, 0.2) is 0 Å². The predicted molar refractivity (Wildman–Crippen MR) is 116 cm³/mol. The third kappa shape index (κ3) is 6.52. The van der Waals surface area contributed by atoms with Crippen LogP contribution in [0.3, 0.4) is 0 Å². The van der Waals surface area contributed by atoms with E-state index in [-0.39, 0.29) is 24.3 Å². The van der Waals surface area contributed by atoms with E-state index in [4.69, 9.17) is 9.47 Å². The molecule has 0 saturated heterocycles. The second-order valence-electron chi connectivity index (χ2n) is 6.83. The summed E-state index contributed by atoms with van der Waals surface area (Å²) in [4.78, 5) is 14.6. The highest BCUT2D eigenvalue weighted by Gasteiger charge is 2.17. The van der Waals surface area contributed by atoms with Crippen molar-refractivity contribution in [1.82, 2.24) is 4.90 Å². The van der Waals surface area contributed by atoms with Crippen LogP contribution < -0.4 is 9.47 Å². The fraction of sp³-hybridized carbons (Fsp3) is 0.381. The normalized spacial score (nSPS) is 10.7. The minimum Gasteiger partial charge on any atom is -0.492 e. The molecule has 0 heterocycles. The number of carbonyl (C=O) groups excluding carboxylic acids is 1. The number of rotatable bonds is 7. The maximum Gasteiger partial charge on any atom is 0.344 e. The van der Waals surface area contributed by atoms with Crippen LogP contribution in [0.25, 0.3) is 0 Å². The Morgan fingerprint density at radius 1 is 1.15 bits per heavy atom. The van der Waals surface area contributed by atoms with Gasteiger partial charge in [-0.2, -0.15) is 0 Å². The molecule has 0 aliphatic carbocycles. The quantitative estimate of drug-likeness (QED) is 0.409. The Morgan fingerprint density at radius 2 is 1.81 bits per heavy atom. The maximum absolute atomic E-state index is 12.5. The number of aryl methyl sites for hydroxylation is 1. The van der Waals surface area contributed by atoms with E-state index in [0.717, 1.165) is 27.9 Å². The van der Waals surface area contributed by atoms with E-state index in [2.05, 4.69) is 34.7 Å². The van der Waals surface area contributed by atoms with Crippen LogP contribution in [-0.4, -0.2) is 38.1 Å². The van der Waals surface area contributed by atoms with Crippen molar-refractivity contribution in [2.75, 3.05) is 27.2 Å².